The topological polar surface area (TPSA) is 57.6 Å². The van der Waals surface area contributed by atoms with Gasteiger partial charge in [-0.05, 0) is 50.8 Å². The molecule has 0 aromatic carbocycles. The van der Waals surface area contributed by atoms with E-state index < -0.39 is 8.87 Å². The van der Waals surface area contributed by atoms with Gasteiger partial charge in [0, 0.05) is 23.1 Å². The molecule has 0 unspecified atom stereocenters. The average molecular weight is 267 g/mol. The first-order chi connectivity index (χ1) is 6.97. The molecule has 0 aliphatic carbocycles. The maximum absolute atomic E-state index is 11.1. The van der Waals surface area contributed by atoms with E-state index in [0.717, 1.165) is 17.2 Å². The summed E-state index contributed by atoms with van der Waals surface area (Å²) in [6.45, 7) is 7.85. The van der Waals surface area contributed by atoms with Gasteiger partial charge in [0.15, 0.2) is 8.87 Å². The predicted molar refractivity (Wildman–Crippen MR) is 67.2 cm³/mol. The van der Waals surface area contributed by atoms with Crippen molar-refractivity contribution in [1.82, 2.24) is 5.06 Å². The third-order valence-electron chi connectivity index (χ3n) is 3.35. The highest BCUT2D eigenvalue weighted by Gasteiger charge is 2.51. The van der Waals surface area contributed by atoms with E-state index in [0.29, 0.717) is 5.75 Å². The number of hydroxylamine groups is 2. The first-order valence-electron chi connectivity index (χ1n) is 5.30. The van der Waals surface area contributed by atoms with Crippen LogP contribution in [-0.4, -0.2) is 41.8 Å². The SMILES string of the molecule is CC1(C)C[C@@H](CSS(C)(=O)=O)C(C)(C)N1O. The van der Waals surface area contributed by atoms with Crippen molar-refractivity contribution >= 4 is 19.7 Å². The summed E-state index contributed by atoms with van der Waals surface area (Å²) in [4.78, 5) is 0. The van der Waals surface area contributed by atoms with E-state index in [1.807, 2.05) is 27.7 Å². The van der Waals surface area contributed by atoms with Crippen molar-refractivity contribution in [3.8, 4) is 0 Å². The Morgan fingerprint density at radius 1 is 1.38 bits per heavy atom. The summed E-state index contributed by atoms with van der Waals surface area (Å²) >= 11 is 0. The maximum Gasteiger partial charge on any atom is 0.198 e. The van der Waals surface area contributed by atoms with Crippen LogP contribution < -0.4 is 0 Å². The Morgan fingerprint density at radius 2 is 1.88 bits per heavy atom. The minimum Gasteiger partial charge on any atom is -0.313 e. The fraction of sp³-hybridized carbons (Fsp3) is 1.00. The van der Waals surface area contributed by atoms with E-state index in [1.54, 1.807) is 0 Å². The molecule has 0 aromatic rings. The van der Waals surface area contributed by atoms with Crippen LogP contribution in [0.5, 0.6) is 0 Å². The summed E-state index contributed by atoms with van der Waals surface area (Å²) in [5, 5.41) is 11.4. The summed E-state index contributed by atoms with van der Waals surface area (Å²) in [5.74, 6) is 0.707. The second-order valence-electron chi connectivity index (χ2n) is 5.67. The quantitative estimate of drug-likeness (QED) is 0.792. The van der Waals surface area contributed by atoms with E-state index >= 15 is 0 Å². The highest BCUT2D eigenvalue weighted by molar-refractivity contribution is 8.71. The van der Waals surface area contributed by atoms with Gasteiger partial charge in [0.2, 0.25) is 0 Å². The fourth-order valence-corrected chi connectivity index (χ4v) is 4.53. The van der Waals surface area contributed by atoms with Gasteiger partial charge in [-0.1, -0.05) is 0 Å². The normalized spacial score (nSPS) is 29.5. The zero-order valence-electron chi connectivity index (χ0n) is 10.5. The van der Waals surface area contributed by atoms with Crippen molar-refractivity contribution in [3.63, 3.8) is 0 Å². The molecule has 1 saturated heterocycles. The molecule has 1 N–H and O–H groups in total. The predicted octanol–water partition coefficient (Wildman–Crippen LogP) is 1.95. The Balaban J connectivity index is 2.77. The Hall–Kier alpha value is 0.220. The monoisotopic (exact) mass is 267 g/mol. The Labute approximate surface area is 102 Å². The van der Waals surface area contributed by atoms with E-state index in [2.05, 4.69) is 0 Å². The standard InChI is InChI=1S/C10H21NO3S2/c1-9(2)6-8(7-15-16(5,13)14)10(3,4)11(9)12/h8,12H,6-7H2,1-5H3/t8-/m0/s1. The fourth-order valence-electron chi connectivity index (χ4n) is 2.36. The lowest BCUT2D eigenvalue weighted by Gasteiger charge is -2.35. The Morgan fingerprint density at radius 3 is 2.19 bits per heavy atom. The number of nitrogens with zero attached hydrogens (tertiary/aromatic N) is 1. The number of hydrogen-bond acceptors (Lipinski definition) is 5. The van der Waals surface area contributed by atoms with E-state index in [9.17, 15) is 13.6 Å². The molecule has 0 saturated carbocycles. The number of rotatable bonds is 3. The van der Waals surface area contributed by atoms with Crippen molar-refractivity contribution in [2.24, 2.45) is 5.92 Å². The summed E-state index contributed by atoms with van der Waals surface area (Å²) < 4.78 is 22.3. The zero-order chi connectivity index (χ0) is 12.8. The summed E-state index contributed by atoms with van der Waals surface area (Å²) in [6, 6.07) is 0. The molecule has 0 amide bonds. The maximum atomic E-state index is 11.1. The van der Waals surface area contributed by atoms with E-state index in [-0.39, 0.29) is 17.0 Å². The second-order valence-corrected chi connectivity index (χ2v) is 10.2. The third-order valence-corrected chi connectivity index (χ3v) is 6.01. The van der Waals surface area contributed by atoms with Crippen molar-refractivity contribution in [2.45, 2.75) is 45.2 Å². The number of hydrogen-bond donors (Lipinski definition) is 1. The van der Waals surface area contributed by atoms with Crippen LogP contribution in [0.3, 0.4) is 0 Å². The van der Waals surface area contributed by atoms with Crippen LogP contribution in [0.25, 0.3) is 0 Å². The van der Waals surface area contributed by atoms with E-state index in [4.69, 9.17) is 0 Å². The van der Waals surface area contributed by atoms with Gasteiger partial charge < -0.3 is 5.21 Å². The highest BCUT2D eigenvalue weighted by Crippen LogP contribution is 2.45. The van der Waals surface area contributed by atoms with Gasteiger partial charge in [-0.2, -0.15) is 5.06 Å². The molecule has 1 heterocycles. The van der Waals surface area contributed by atoms with Gasteiger partial charge in [-0.3, -0.25) is 0 Å². The average Bonchev–Trinajstić information content (AvgIpc) is 2.22. The summed E-state index contributed by atoms with van der Waals surface area (Å²) in [5.41, 5.74) is -0.659. The first-order valence-corrected chi connectivity index (χ1v) is 8.70. The van der Waals surface area contributed by atoms with Crippen LogP contribution >= 0.6 is 10.8 Å². The Kier molecular flexibility index (Phi) is 3.71. The lowest BCUT2D eigenvalue weighted by atomic mass is 9.89. The van der Waals surface area contributed by atoms with Crippen LogP contribution in [0, 0.1) is 5.92 Å². The molecule has 1 fully saturated rings. The van der Waals surface area contributed by atoms with Crippen LogP contribution in [0.2, 0.25) is 0 Å². The largest absolute Gasteiger partial charge is 0.313 e. The highest BCUT2D eigenvalue weighted by atomic mass is 33.1. The molecule has 6 heteroatoms. The van der Waals surface area contributed by atoms with E-state index in [1.165, 1.54) is 11.3 Å². The van der Waals surface area contributed by atoms with Gasteiger partial charge in [-0.15, -0.1) is 0 Å². The molecule has 0 radical (unpaired) electrons. The molecule has 0 bridgehead atoms. The molecule has 96 valence electrons. The molecular formula is C10H21NO3S2. The second kappa shape index (κ2) is 4.15. The molecule has 1 aliphatic rings. The molecule has 4 nitrogen and oxygen atoms in total. The van der Waals surface area contributed by atoms with Gasteiger partial charge in [0.25, 0.3) is 0 Å². The van der Waals surface area contributed by atoms with Crippen LogP contribution in [0.15, 0.2) is 0 Å². The smallest absolute Gasteiger partial charge is 0.198 e. The van der Waals surface area contributed by atoms with Crippen LogP contribution in [0.4, 0.5) is 0 Å². The molecule has 1 atom stereocenters. The zero-order valence-corrected chi connectivity index (χ0v) is 12.2. The molecule has 1 rings (SSSR count). The molecule has 1 aliphatic heterocycles. The van der Waals surface area contributed by atoms with Crippen molar-refractivity contribution in [2.75, 3.05) is 12.0 Å². The van der Waals surface area contributed by atoms with Crippen molar-refractivity contribution in [1.29, 1.82) is 0 Å². The molecule has 0 spiro atoms. The minimum absolute atomic E-state index is 0.173. The molecule has 0 aromatic heterocycles. The molecular weight excluding hydrogens is 246 g/mol. The van der Waals surface area contributed by atoms with Gasteiger partial charge in [0.1, 0.15) is 0 Å². The summed E-state index contributed by atoms with van der Waals surface area (Å²) in [7, 11) is -2.03. The lowest BCUT2D eigenvalue weighted by Crippen LogP contribution is -2.47. The minimum atomic E-state index is -3.00. The lowest BCUT2D eigenvalue weighted by molar-refractivity contribution is -0.195. The molecule has 16 heavy (non-hydrogen) atoms. The van der Waals surface area contributed by atoms with Gasteiger partial charge >= 0.3 is 0 Å². The van der Waals surface area contributed by atoms with Gasteiger partial charge in [-0.25, -0.2) is 8.42 Å². The summed E-state index contributed by atoms with van der Waals surface area (Å²) in [6.07, 6.45) is 2.03. The van der Waals surface area contributed by atoms with Crippen molar-refractivity contribution < 1.29 is 13.6 Å². The van der Waals surface area contributed by atoms with Gasteiger partial charge in [0.05, 0.1) is 0 Å². The van der Waals surface area contributed by atoms with Crippen LogP contribution in [0.1, 0.15) is 34.1 Å². The first kappa shape index (κ1) is 14.3. The Bertz CT molecular complexity index is 362. The van der Waals surface area contributed by atoms with Crippen LogP contribution in [-0.2, 0) is 8.87 Å². The van der Waals surface area contributed by atoms with Crippen molar-refractivity contribution in [3.05, 3.63) is 0 Å². The third kappa shape index (κ3) is 2.91.